The molecular formula is C23H22N2O3S. The molecule has 0 aliphatic carbocycles. The minimum atomic E-state index is -0.163. The van der Waals surface area contributed by atoms with Gasteiger partial charge in [-0.05, 0) is 42.7 Å². The van der Waals surface area contributed by atoms with E-state index < -0.39 is 0 Å². The van der Waals surface area contributed by atoms with Crippen molar-refractivity contribution in [2.45, 2.75) is 26.2 Å². The summed E-state index contributed by atoms with van der Waals surface area (Å²) in [6.45, 7) is 3.90. The molecule has 3 aromatic rings. The van der Waals surface area contributed by atoms with Gasteiger partial charge in [0.25, 0.3) is 5.91 Å². The van der Waals surface area contributed by atoms with Crippen molar-refractivity contribution in [3.05, 3.63) is 75.7 Å². The van der Waals surface area contributed by atoms with Crippen molar-refractivity contribution >= 4 is 33.8 Å². The number of methoxy groups -OCH3 is 1. The van der Waals surface area contributed by atoms with Crippen LogP contribution in [0.15, 0.2) is 48.5 Å². The van der Waals surface area contributed by atoms with Crippen LogP contribution in [0.25, 0.3) is 0 Å². The SMILES string of the molecule is COc1ccccc1[C@@H]1CC(=O)Nc2sc(C(=O)Nc3ccccc3C)c(C)c21. The maximum atomic E-state index is 13.0. The molecule has 148 valence electrons. The van der Waals surface area contributed by atoms with E-state index in [1.807, 2.05) is 62.4 Å². The topological polar surface area (TPSA) is 67.4 Å². The van der Waals surface area contributed by atoms with Gasteiger partial charge < -0.3 is 15.4 Å². The first-order valence-corrected chi connectivity index (χ1v) is 10.2. The Balaban J connectivity index is 1.75. The van der Waals surface area contributed by atoms with Crippen molar-refractivity contribution in [3.8, 4) is 5.75 Å². The summed E-state index contributed by atoms with van der Waals surface area (Å²) in [7, 11) is 1.63. The van der Waals surface area contributed by atoms with Crippen LogP contribution in [0.1, 0.15) is 44.3 Å². The lowest BCUT2D eigenvalue weighted by Gasteiger charge is -2.25. The molecule has 0 radical (unpaired) electrons. The summed E-state index contributed by atoms with van der Waals surface area (Å²) >= 11 is 1.33. The van der Waals surface area contributed by atoms with E-state index in [2.05, 4.69) is 10.6 Å². The zero-order valence-electron chi connectivity index (χ0n) is 16.5. The van der Waals surface area contributed by atoms with Gasteiger partial charge in [0.2, 0.25) is 5.91 Å². The number of para-hydroxylation sites is 2. The fraction of sp³-hybridized carbons (Fsp3) is 0.217. The molecule has 5 nitrogen and oxygen atoms in total. The summed E-state index contributed by atoms with van der Waals surface area (Å²) in [5.74, 6) is 0.380. The summed E-state index contributed by atoms with van der Waals surface area (Å²) in [5, 5.41) is 6.69. The van der Waals surface area contributed by atoms with E-state index in [1.165, 1.54) is 11.3 Å². The van der Waals surface area contributed by atoms with Crippen molar-refractivity contribution in [1.29, 1.82) is 0 Å². The van der Waals surface area contributed by atoms with Gasteiger partial charge in [-0.2, -0.15) is 0 Å². The van der Waals surface area contributed by atoms with Crippen LogP contribution in [0.3, 0.4) is 0 Å². The normalized spacial score (nSPS) is 15.4. The molecule has 0 saturated carbocycles. The number of hydrogen-bond acceptors (Lipinski definition) is 4. The molecule has 1 aliphatic heterocycles. The van der Waals surface area contributed by atoms with Crippen molar-refractivity contribution < 1.29 is 14.3 Å². The van der Waals surface area contributed by atoms with Crippen LogP contribution in [-0.2, 0) is 4.79 Å². The van der Waals surface area contributed by atoms with Crippen LogP contribution in [0.5, 0.6) is 5.75 Å². The van der Waals surface area contributed by atoms with Gasteiger partial charge in [-0.15, -0.1) is 11.3 Å². The highest BCUT2D eigenvalue weighted by Crippen LogP contribution is 2.47. The van der Waals surface area contributed by atoms with E-state index in [0.29, 0.717) is 11.3 Å². The predicted molar refractivity (Wildman–Crippen MR) is 116 cm³/mol. The molecule has 29 heavy (non-hydrogen) atoms. The van der Waals surface area contributed by atoms with Crippen LogP contribution in [0.4, 0.5) is 10.7 Å². The molecule has 2 heterocycles. The Bertz CT molecular complexity index is 1100. The lowest BCUT2D eigenvalue weighted by atomic mass is 9.84. The number of fused-ring (bicyclic) bond motifs is 1. The van der Waals surface area contributed by atoms with Crippen LogP contribution >= 0.6 is 11.3 Å². The Hall–Kier alpha value is -3.12. The van der Waals surface area contributed by atoms with Crippen LogP contribution in [0.2, 0.25) is 0 Å². The van der Waals surface area contributed by atoms with Crippen LogP contribution in [0, 0.1) is 13.8 Å². The second kappa shape index (κ2) is 7.72. The molecule has 2 amide bonds. The highest BCUT2D eigenvalue weighted by atomic mass is 32.1. The van der Waals surface area contributed by atoms with Gasteiger partial charge in [-0.1, -0.05) is 36.4 Å². The molecule has 1 aromatic heterocycles. The fourth-order valence-electron chi connectivity index (χ4n) is 3.83. The monoisotopic (exact) mass is 406 g/mol. The lowest BCUT2D eigenvalue weighted by Crippen LogP contribution is -2.23. The zero-order valence-corrected chi connectivity index (χ0v) is 17.4. The van der Waals surface area contributed by atoms with Crippen LogP contribution < -0.4 is 15.4 Å². The number of thiophene rings is 1. The number of carbonyl (C=O) groups excluding carboxylic acids is 2. The van der Waals surface area contributed by atoms with Crippen molar-refractivity contribution in [3.63, 3.8) is 0 Å². The Kier molecular flexibility index (Phi) is 5.11. The third-order valence-electron chi connectivity index (χ3n) is 5.30. The van der Waals surface area contributed by atoms with Gasteiger partial charge in [0, 0.05) is 23.6 Å². The average Bonchev–Trinajstić information content (AvgIpc) is 3.05. The fourth-order valence-corrected chi connectivity index (χ4v) is 5.01. The van der Waals surface area contributed by atoms with Gasteiger partial charge in [-0.25, -0.2) is 0 Å². The number of benzene rings is 2. The highest BCUT2D eigenvalue weighted by Gasteiger charge is 2.34. The van der Waals surface area contributed by atoms with E-state index >= 15 is 0 Å². The molecule has 6 heteroatoms. The smallest absolute Gasteiger partial charge is 0.266 e. The number of aryl methyl sites for hydroxylation is 1. The summed E-state index contributed by atoms with van der Waals surface area (Å²) < 4.78 is 5.53. The van der Waals surface area contributed by atoms with E-state index in [4.69, 9.17) is 4.74 Å². The lowest BCUT2D eigenvalue weighted by molar-refractivity contribution is -0.116. The van der Waals surface area contributed by atoms with E-state index in [1.54, 1.807) is 7.11 Å². The molecular weight excluding hydrogens is 384 g/mol. The summed E-state index contributed by atoms with van der Waals surface area (Å²) in [6.07, 6.45) is 0.323. The van der Waals surface area contributed by atoms with Crippen molar-refractivity contribution in [2.24, 2.45) is 0 Å². The molecule has 0 bridgehead atoms. The number of hydrogen-bond donors (Lipinski definition) is 2. The zero-order chi connectivity index (χ0) is 20.5. The third-order valence-corrected chi connectivity index (χ3v) is 6.52. The Labute approximate surface area is 173 Å². The number of anilines is 2. The molecule has 2 aromatic carbocycles. The molecule has 1 atom stereocenters. The van der Waals surface area contributed by atoms with Crippen molar-refractivity contribution in [1.82, 2.24) is 0 Å². The summed E-state index contributed by atoms with van der Waals surface area (Å²) in [5.41, 5.74) is 4.63. The van der Waals surface area contributed by atoms with E-state index in [0.717, 1.165) is 38.7 Å². The standard InChI is InChI=1S/C23H22N2O3S/c1-13-8-4-6-10-17(13)24-22(27)21-14(2)20-16(12-19(26)25-23(20)29-21)15-9-5-7-11-18(15)28-3/h4-11,16H,12H2,1-3H3,(H,24,27)(H,25,26)/t16-/m0/s1. The number of ether oxygens (including phenoxy) is 1. The average molecular weight is 407 g/mol. The Morgan fingerprint density at radius 2 is 1.86 bits per heavy atom. The Morgan fingerprint density at radius 3 is 2.62 bits per heavy atom. The first-order valence-electron chi connectivity index (χ1n) is 9.42. The van der Waals surface area contributed by atoms with Gasteiger partial charge in [0.15, 0.2) is 0 Å². The predicted octanol–water partition coefficient (Wildman–Crippen LogP) is 5.10. The maximum absolute atomic E-state index is 13.0. The van der Waals surface area contributed by atoms with E-state index in [9.17, 15) is 9.59 Å². The maximum Gasteiger partial charge on any atom is 0.266 e. The van der Waals surface area contributed by atoms with E-state index in [-0.39, 0.29) is 17.7 Å². The van der Waals surface area contributed by atoms with Gasteiger partial charge in [0.1, 0.15) is 5.75 Å². The molecule has 1 aliphatic rings. The molecule has 0 fully saturated rings. The number of rotatable bonds is 4. The first kappa shape index (κ1) is 19.2. The second-order valence-electron chi connectivity index (χ2n) is 7.11. The van der Waals surface area contributed by atoms with Crippen LogP contribution in [-0.4, -0.2) is 18.9 Å². The first-order chi connectivity index (χ1) is 14.0. The largest absolute Gasteiger partial charge is 0.496 e. The number of amides is 2. The molecule has 0 unspecified atom stereocenters. The minimum Gasteiger partial charge on any atom is -0.496 e. The third kappa shape index (κ3) is 3.51. The highest BCUT2D eigenvalue weighted by molar-refractivity contribution is 7.18. The number of carbonyl (C=O) groups is 2. The summed E-state index contributed by atoms with van der Waals surface area (Å²) in [4.78, 5) is 26.0. The van der Waals surface area contributed by atoms with Gasteiger partial charge in [-0.3, -0.25) is 9.59 Å². The molecule has 4 rings (SSSR count). The quantitative estimate of drug-likeness (QED) is 0.633. The van der Waals surface area contributed by atoms with Crippen molar-refractivity contribution in [2.75, 3.05) is 17.7 Å². The molecule has 0 saturated heterocycles. The van der Waals surface area contributed by atoms with Gasteiger partial charge in [0.05, 0.1) is 17.0 Å². The molecule has 0 spiro atoms. The minimum absolute atomic E-state index is 0.0551. The summed E-state index contributed by atoms with van der Waals surface area (Å²) in [6, 6.07) is 15.4. The Morgan fingerprint density at radius 1 is 1.14 bits per heavy atom. The molecule has 2 N–H and O–H groups in total. The second-order valence-corrected chi connectivity index (χ2v) is 8.14. The van der Waals surface area contributed by atoms with Gasteiger partial charge >= 0.3 is 0 Å². The number of nitrogens with one attached hydrogen (secondary N) is 2.